The molecule has 0 N–H and O–H groups in total. The van der Waals surface area contributed by atoms with Crippen LogP contribution in [-0.2, 0) is 15.6 Å². The Hall–Kier alpha value is -2.18. The first-order valence-corrected chi connectivity index (χ1v) is 8.76. The van der Waals surface area contributed by atoms with E-state index < -0.39 is 15.7 Å². The lowest BCUT2D eigenvalue weighted by Crippen LogP contribution is -2.12. The Morgan fingerprint density at radius 1 is 1.13 bits per heavy atom. The Kier molecular flexibility index (Phi) is 4.19. The zero-order valence-electron chi connectivity index (χ0n) is 11.9. The normalized spacial score (nSPS) is 11.6. The van der Waals surface area contributed by atoms with Gasteiger partial charge in [0.15, 0.2) is 0 Å². The fourth-order valence-corrected chi connectivity index (χ4v) is 3.99. The number of hydrogen-bond acceptors (Lipinski definition) is 3. The van der Waals surface area contributed by atoms with E-state index in [2.05, 4.69) is 4.98 Å². The van der Waals surface area contributed by atoms with E-state index >= 15 is 0 Å². The Morgan fingerprint density at radius 2 is 1.91 bits per heavy atom. The van der Waals surface area contributed by atoms with Crippen LogP contribution in [0.5, 0.6) is 0 Å². The first kappa shape index (κ1) is 15.7. The van der Waals surface area contributed by atoms with E-state index in [4.69, 9.17) is 11.6 Å². The van der Waals surface area contributed by atoms with Crippen molar-refractivity contribution in [3.05, 3.63) is 77.3 Å². The second-order valence-corrected chi connectivity index (χ2v) is 7.20. The Morgan fingerprint density at radius 3 is 2.65 bits per heavy atom. The van der Waals surface area contributed by atoms with Crippen LogP contribution in [0.3, 0.4) is 0 Å². The van der Waals surface area contributed by atoms with Gasteiger partial charge in [-0.1, -0.05) is 35.9 Å². The SMILES string of the molecule is O=S(=O)(Cc1ccccc1Cl)c1nccn1-c1cccc(F)c1. The molecule has 0 saturated carbocycles. The molecular weight excluding hydrogens is 339 g/mol. The molecule has 0 radical (unpaired) electrons. The Balaban J connectivity index is 2.02. The van der Waals surface area contributed by atoms with E-state index in [1.54, 1.807) is 30.3 Å². The van der Waals surface area contributed by atoms with Crippen molar-refractivity contribution in [1.82, 2.24) is 9.55 Å². The molecule has 4 nitrogen and oxygen atoms in total. The van der Waals surface area contributed by atoms with Crippen molar-refractivity contribution in [3.63, 3.8) is 0 Å². The molecule has 1 aromatic heterocycles. The van der Waals surface area contributed by atoms with E-state index in [1.165, 1.54) is 35.2 Å². The second-order valence-electron chi connectivity index (χ2n) is 4.91. The Bertz CT molecular complexity index is 954. The lowest BCUT2D eigenvalue weighted by atomic mass is 10.2. The number of aromatic nitrogens is 2. The summed E-state index contributed by atoms with van der Waals surface area (Å²) in [5.41, 5.74) is 0.878. The van der Waals surface area contributed by atoms with Crippen LogP contribution in [0, 0.1) is 5.82 Å². The maximum atomic E-state index is 13.4. The number of imidazole rings is 1. The third-order valence-corrected chi connectivity index (χ3v) is 5.19. The van der Waals surface area contributed by atoms with Crippen LogP contribution in [0.4, 0.5) is 4.39 Å². The van der Waals surface area contributed by atoms with Crippen LogP contribution in [0.25, 0.3) is 5.69 Å². The third kappa shape index (κ3) is 3.28. The zero-order valence-corrected chi connectivity index (χ0v) is 13.4. The molecule has 0 spiro atoms. The van der Waals surface area contributed by atoms with Gasteiger partial charge in [0.1, 0.15) is 5.82 Å². The summed E-state index contributed by atoms with van der Waals surface area (Å²) in [6.45, 7) is 0. The van der Waals surface area contributed by atoms with E-state index in [9.17, 15) is 12.8 Å². The summed E-state index contributed by atoms with van der Waals surface area (Å²) in [4.78, 5) is 3.93. The molecular formula is C16H12ClFN2O2S. The standard InChI is InChI=1S/C16H12ClFN2O2S/c17-15-7-2-1-4-12(15)11-23(21,22)16-19-8-9-20(16)14-6-3-5-13(18)10-14/h1-10H,11H2. The summed E-state index contributed by atoms with van der Waals surface area (Å²) >= 11 is 6.03. The topological polar surface area (TPSA) is 52.0 Å². The molecule has 0 aliphatic heterocycles. The third-order valence-electron chi connectivity index (χ3n) is 3.27. The summed E-state index contributed by atoms with van der Waals surface area (Å²) in [7, 11) is -3.74. The monoisotopic (exact) mass is 350 g/mol. The minimum atomic E-state index is -3.74. The van der Waals surface area contributed by atoms with Gasteiger partial charge >= 0.3 is 0 Å². The van der Waals surface area contributed by atoms with Crippen molar-refractivity contribution in [1.29, 1.82) is 0 Å². The summed E-state index contributed by atoms with van der Waals surface area (Å²) in [5, 5.41) is 0.225. The number of halogens is 2. The molecule has 3 aromatic rings. The number of benzene rings is 2. The molecule has 0 atom stereocenters. The summed E-state index contributed by atoms with van der Waals surface area (Å²) < 4.78 is 40.0. The molecule has 0 amide bonds. The quantitative estimate of drug-likeness (QED) is 0.722. The maximum Gasteiger partial charge on any atom is 0.232 e. The first-order valence-electron chi connectivity index (χ1n) is 6.73. The molecule has 0 bridgehead atoms. The Labute approximate surface area is 138 Å². The number of sulfone groups is 1. The molecule has 23 heavy (non-hydrogen) atoms. The highest BCUT2D eigenvalue weighted by Crippen LogP contribution is 2.23. The van der Waals surface area contributed by atoms with Gasteiger partial charge in [0.25, 0.3) is 0 Å². The fraction of sp³-hybridized carbons (Fsp3) is 0.0625. The van der Waals surface area contributed by atoms with Gasteiger partial charge in [-0.25, -0.2) is 17.8 Å². The van der Waals surface area contributed by atoms with Crippen molar-refractivity contribution in [2.24, 2.45) is 0 Å². The van der Waals surface area contributed by atoms with Crippen LogP contribution in [0.1, 0.15) is 5.56 Å². The van der Waals surface area contributed by atoms with Crippen molar-refractivity contribution in [2.75, 3.05) is 0 Å². The number of nitrogens with zero attached hydrogens (tertiary/aromatic N) is 2. The predicted octanol–water partition coefficient (Wildman–Crippen LogP) is 3.64. The minimum Gasteiger partial charge on any atom is -0.291 e. The van der Waals surface area contributed by atoms with Gasteiger partial charge in [-0.15, -0.1) is 0 Å². The molecule has 118 valence electrons. The highest BCUT2D eigenvalue weighted by Gasteiger charge is 2.23. The van der Waals surface area contributed by atoms with E-state index in [1.807, 2.05) is 0 Å². The molecule has 1 heterocycles. The van der Waals surface area contributed by atoms with Crippen LogP contribution in [-0.4, -0.2) is 18.0 Å². The van der Waals surface area contributed by atoms with Crippen molar-refractivity contribution >= 4 is 21.4 Å². The van der Waals surface area contributed by atoms with Crippen LogP contribution < -0.4 is 0 Å². The van der Waals surface area contributed by atoms with Crippen molar-refractivity contribution in [3.8, 4) is 5.69 Å². The van der Waals surface area contributed by atoms with Crippen molar-refractivity contribution < 1.29 is 12.8 Å². The van der Waals surface area contributed by atoms with Crippen LogP contribution in [0.15, 0.2) is 66.1 Å². The minimum absolute atomic E-state index is 0.150. The first-order chi connectivity index (χ1) is 11.0. The van der Waals surface area contributed by atoms with Gasteiger partial charge in [0.05, 0.1) is 11.4 Å². The molecule has 0 saturated heterocycles. The highest BCUT2D eigenvalue weighted by molar-refractivity contribution is 7.90. The largest absolute Gasteiger partial charge is 0.291 e. The van der Waals surface area contributed by atoms with Gasteiger partial charge in [0.2, 0.25) is 15.0 Å². The van der Waals surface area contributed by atoms with Crippen molar-refractivity contribution in [2.45, 2.75) is 10.9 Å². The average Bonchev–Trinajstić information content (AvgIpc) is 3.00. The molecule has 0 unspecified atom stereocenters. The van der Waals surface area contributed by atoms with Gasteiger partial charge < -0.3 is 0 Å². The smallest absolute Gasteiger partial charge is 0.232 e. The number of rotatable bonds is 4. The van der Waals surface area contributed by atoms with Gasteiger partial charge in [0, 0.05) is 17.4 Å². The number of hydrogen-bond donors (Lipinski definition) is 0. The zero-order chi connectivity index (χ0) is 16.4. The van der Waals surface area contributed by atoms with E-state index in [-0.39, 0.29) is 10.9 Å². The molecule has 3 rings (SSSR count). The summed E-state index contributed by atoms with van der Waals surface area (Å²) in [6.07, 6.45) is 2.85. The predicted molar refractivity (Wildman–Crippen MR) is 85.9 cm³/mol. The second kappa shape index (κ2) is 6.14. The molecule has 0 aliphatic rings. The molecule has 0 fully saturated rings. The van der Waals surface area contributed by atoms with E-state index in [0.717, 1.165) is 0 Å². The lowest BCUT2D eigenvalue weighted by molar-refractivity contribution is 0.582. The fourth-order valence-electron chi connectivity index (χ4n) is 2.23. The highest BCUT2D eigenvalue weighted by atomic mass is 35.5. The lowest BCUT2D eigenvalue weighted by Gasteiger charge is -2.09. The van der Waals surface area contributed by atoms with Crippen LogP contribution >= 0.6 is 11.6 Å². The molecule has 0 aliphatic carbocycles. The van der Waals surface area contributed by atoms with Gasteiger partial charge in [-0.3, -0.25) is 4.57 Å². The van der Waals surface area contributed by atoms with Gasteiger partial charge in [-0.05, 0) is 29.8 Å². The summed E-state index contributed by atoms with van der Waals surface area (Å²) in [6, 6.07) is 12.4. The van der Waals surface area contributed by atoms with Crippen LogP contribution in [0.2, 0.25) is 5.02 Å². The molecule has 7 heteroatoms. The average molecular weight is 351 g/mol. The molecule has 2 aromatic carbocycles. The van der Waals surface area contributed by atoms with Gasteiger partial charge in [-0.2, -0.15) is 0 Å². The summed E-state index contributed by atoms with van der Waals surface area (Å²) in [5.74, 6) is -0.732. The van der Waals surface area contributed by atoms with E-state index in [0.29, 0.717) is 16.3 Å². The maximum absolute atomic E-state index is 13.4.